The number of carbonyl (C=O) groups is 1. The van der Waals surface area contributed by atoms with E-state index in [9.17, 15) is 15.0 Å². The lowest BCUT2D eigenvalue weighted by Gasteiger charge is -2.19. The molecule has 1 aliphatic carbocycles. The first-order valence-electron chi connectivity index (χ1n) is 4.87. The van der Waals surface area contributed by atoms with Crippen LogP contribution in [0.4, 0.5) is 0 Å². The van der Waals surface area contributed by atoms with Crippen LogP contribution in [0.1, 0.15) is 26.7 Å². The summed E-state index contributed by atoms with van der Waals surface area (Å²) in [6, 6.07) is 2.39. The number of nitrogens with zero attached hydrogens (tertiary/aromatic N) is 1. The summed E-state index contributed by atoms with van der Waals surface area (Å²) < 4.78 is 0. The minimum atomic E-state index is -1.53. The van der Waals surface area contributed by atoms with E-state index in [4.69, 9.17) is 6.42 Å². The van der Waals surface area contributed by atoms with Crippen molar-refractivity contribution in [2.75, 3.05) is 6.54 Å². The summed E-state index contributed by atoms with van der Waals surface area (Å²) in [5.74, 6) is -1.07. The number of hydrogen-bond acceptors (Lipinski definition) is 4. The number of aliphatic hydroxyl groups excluding tert-OH is 1. The van der Waals surface area contributed by atoms with E-state index in [1.165, 1.54) is 11.8 Å². The van der Waals surface area contributed by atoms with Gasteiger partial charge in [-0.05, 0) is 13.3 Å². The van der Waals surface area contributed by atoms with E-state index >= 15 is 0 Å². The molecule has 82 valence electrons. The van der Waals surface area contributed by atoms with Gasteiger partial charge in [0.2, 0.25) is 5.78 Å². The summed E-state index contributed by atoms with van der Waals surface area (Å²) in [6.45, 7) is 3.87. The quantitative estimate of drug-likeness (QED) is 0.532. The van der Waals surface area contributed by atoms with Crippen LogP contribution >= 0.6 is 0 Å². The van der Waals surface area contributed by atoms with Gasteiger partial charge in [0.25, 0.3) is 0 Å². The van der Waals surface area contributed by atoms with Crippen LogP contribution in [-0.4, -0.2) is 33.0 Å². The van der Waals surface area contributed by atoms with Gasteiger partial charge in [0.1, 0.15) is 5.60 Å². The van der Waals surface area contributed by atoms with Crippen LogP contribution in [0, 0.1) is 12.5 Å². The van der Waals surface area contributed by atoms with E-state index in [-0.39, 0.29) is 6.42 Å². The van der Waals surface area contributed by atoms with Crippen LogP contribution in [0.25, 0.3) is 0 Å². The number of aliphatic hydroxyl groups is 2. The fourth-order valence-corrected chi connectivity index (χ4v) is 1.60. The molecule has 0 radical (unpaired) electrons. The van der Waals surface area contributed by atoms with Crippen LogP contribution in [0.15, 0.2) is 11.5 Å². The van der Waals surface area contributed by atoms with Crippen LogP contribution in [-0.2, 0) is 4.79 Å². The zero-order chi connectivity index (χ0) is 11.6. The van der Waals surface area contributed by atoms with Crippen LogP contribution in [0.2, 0.25) is 0 Å². The van der Waals surface area contributed by atoms with Gasteiger partial charge < -0.3 is 15.1 Å². The lowest BCUT2D eigenvalue weighted by Crippen LogP contribution is -2.31. The predicted molar refractivity (Wildman–Crippen MR) is 55.7 cm³/mol. The minimum absolute atomic E-state index is 0.0713. The molecule has 0 aliphatic heterocycles. The molecule has 0 aromatic carbocycles. The maximum atomic E-state index is 11.4. The Morgan fingerprint density at radius 2 is 2.27 bits per heavy atom. The van der Waals surface area contributed by atoms with Gasteiger partial charge >= 0.3 is 0 Å². The standard InChI is InChI=1S/C11H15NO3/c1-4-6-12(5-2)8-7-11(3,15)10(14)9(8)13/h2,13,15H,4,6-7H2,1,3H3. The highest BCUT2D eigenvalue weighted by molar-refractivity contribution is 6.02. The molecule has 0 fully saturated rings. The van der Waals surface area contributed by atoms with Crippen molar-refractivity contribution in [3.63, 3.8) is 0 Å². The van der Waals surface area contributed by atoms with Gasteiger partial charge in [0.15, 0.2) is 5.76 Å². The Morgan fingerprint density at radius 3 is 2.60 bits per heavy atom. The Bertz CT molecular complexity index is 349. The molecule has 2 N–H and O–H groups in total. The molecule has 4 heteroatoms. The fourth-order valence-electron chi connectivity index (χ4n) is 1.60. The van der Waals surface area contributed by atoms with Crippen molar-refractivity contribution in [3.05, 3.63) is 11.5 Å². The van der Waals surface area contributed by atoms with E-state index in [1.54, 1.807) is 0 Å². The Kier molecular flexibility index (Phi) is 3.06. The predicted octanol–water partition coefficient (Wildman–Crippen LogP) is 0.782. The largest absolute Gasteiger partial charge is 0.503 e. The molecular formula is C11H15NO3. The Balaban J connectivity index is 2.97. The summed E-state index contributed by atoms with van der Waals surface area (Å²) in [6.07, 6.45) is 6.15. The molecule has 1 rings (SSSR count). The SMILES string of the molecule is C#CN(CCC)C1=C(O)C(=O)C(C)(O)C1. The molecule has 1 atom stereocenters. The second kappa shape index (κ2) is 3.95. The van der Waals surface area contributed by atoms with E-state index in [1.807, 2.05) is 6.92 Å². The molecule has 0 heterocycles. The highest BCUT2D eigenvalue weighted by Gasteiger charge is 2.43. The van der Waals surface area contributed by atoms with Gasteiger partial charge in [-0.15, -0.1) is 0 Å². The third-order valence-corrected chi connectivity index (χ3v) is 2.42. The van der Waals surface area contributed by atoms with Gasteiger partial charge in [-0.1, -0.05) is 13.3 Å². The van der Waals surface area contributed by atoms with E-state index in [2.05, 4.69) is 6.04 Å². The Morgan fingerprint density at radius 1 is 1.67 bits per heavy atom. The van der Waals surface area contributed by atoms with Crippen molar-refractivity contribution >= 4 is 5.78 Å². The highest BCUT2D eigenvalue weighted by Crippen LogP contribution is 2.32. The molecule has 0 amide bonds. The molecule has 0 saturated heterocycles. The highest BCUT2D eigenvalue weighted by atomic mass is 16.3. The zero-order valence-corrected chi connectivity index (χ0v) is 8.95. The van der Waals surface area contributed by atoms with Crippen molar-refractivity contribution in [1.29, 1.82) is 0 Å². The molecule has 0 aromatic rings. The van der Waals surface area contributed by atoms with Crippen molar-refractivity contribution < 1.29 is 15.0 Å². The van der Waals surface area contributed by atoms with Gasteiger partial charge in [-0.25, -0.2) is 0 Å². The monoisotopic (exact) mass is 209 g/mol. The van der Waals surface area contributed by atoms with Crippen LogP contribution in [0.5, 0.6) is 0 Å². The molecule has 0 bridgehead atoms. The molecule has 4 nitrogen and oxygen atoms in total. The molecule has 0 spiro atoms. The average Bonchev–Trinajstić information content (AvgIpc) is 2.39. The smallest absolute Gasteiger partial charge is 0.230 e. The second-order valence-electron chi connectivity index (χ2n) is 3.86. The average molecular weight is 209 g/mol. The third-order valence-electron chi connectivity index (χ3n) is 2.42. The first kappa shape index (κ1) is 11.6. The van der Waals surface area contributed by atoms with E-state index < -0.39 is 17.1 Å². The van der Waals surface area contributed by atoms with Gasteiger partial charge in [-0.3, -0.25) is 4.79 Å². The van der Waals surface area contributed by atoms with Crippen molar-refractivity contribution in [3.8, 4) is 12.5 Å². The molecule has 1 aliphatic rings. The van der Waals surface area contributed by atoms with E-state index in [0.717, 1.165) is 6.42 Å². The molecular weight excluding hydrogens is 194 g/mol. The maximum absolute atomic E-state index is 11.4. The summed E-state index contributed by atoms with van der Waals surface area (Å²) in [7, 11) is 0. The first-order valence-corrected chi connectivity index (χ1v) is 4.87. The third kappa shape index (κ3) is 1.97. The number of terminal acetylenes is 1. The molecule has 1 unspecified atom stereocenters. The number of rotatable bonds is 3. The number of hydrogen-bond donors (Lipinski definition) is 2. The van der Waals surface area contributed by atoms with Gasteiger partial charge in [0.05, 0.1) is 5.70 Å². The summed E-state index contributed by atoms with van der Waals surface area (Å²) in [5.41, 5.74) is -1.18. The van der Waals surface area contributed by atoms with Gasteiger partial charge in [-0.2, -0.15) is 0 Å². The fraction of sp³-hybridized carbons (Fsp3) is 0.545. The Hall–Kier alpha value is -1.47. The van der Waals surface area contributed by atoms with Crippen molar-refractivity contribution in [2.24, 2.45) is 0 Å². The summed E-state index contributed by atoms with van der Waals surface area (Å²) in [5, 5.41) is 19.2. The van der Waals surface area contributed by atoms with Crippen LogP contribution < -0.4 is 0 Å². The Labute approximate surface area is 89.2 Å². The minimum Gasteiger partial charge on any atom is -0.503 e. The normalized spacial score (nSPS) is 25.6. The molecule has 15 heavy (non-hydrogen) atoms. The van der Waals surface area contributed by atoms with Crippen LogP contribution in [0.3, 0.4) is 0 Å². The van der Waals surface area contributed by atoms with Crippen molar-refractivity contribution in [1.82, 2.24) is 4.90 Å². The van der Waals surface area contributed by atoms with Crippen molar-refractivity contribution in [2.45, 2.75) is 32.3 Å². The number of ketones is 1. The maximum Gasteiger partial charge on any atom is 0.230 e. The molecule has 0 saturated carbocycles. The first-order chi connectivity index (χ1) is 6.94. The van der Waals surface area contributed by atoms with E-state index in [0.29, 0.717) is 12.2 Å². The summed E-state index contributed by atoms with van der Waals surface area (Å²) in [4.78, 5) is 12.9. The number of Topliss-reactive ketones (excluding diaryl/α,β-unsaturated/α-hetero) is 1. The topological polar surface area (TPSA) is 60.8 Å². The summed E-state index contributed by atoms with van der Waals surface area (Å²) >= 11 is 0. The second-order valence-corrected chi connectivity index (χ2v) is 3.86. The lowest BCUT2D eigenvalue weighted by atomic mass is 10.0. The molecule has 0 aromatic heterocycles. The number of carbonyl (C=O) groups excluding carboxylic acids is 1. The van der Waals surface area contributed by atoms with Gasteiger partial charge in [0, 0.05) is 19.0 Å². The lowest BCUT2D eigenvalue weighted by molar-refractivity contribution is -0.132. The zero-order valence-electron chi connectivity index (χ0n) is 8.95.